The molecule has 0 saturated carbocycles. The van der Waals surface area contributed by atoms with Crippen molar-refractivity contribution in [2.45, 2.75) is 5.75 Å². The molecule has 0 spiro atoms. The number of hydrogen-bond acceptors (Lipinski definition) is 6. The molecule has 120 valence electrons. The van der Waals surface area contributed by atoms with Gasteiger partial charge in [-0.25, -0.2) is 13.4 Å². The Hall–Kier alpha value is -2.08. The maximum atomic E-state index is 12.2. The van der Waals surface area contributed by atoms with Crippen LogP contribution < -0.4 is 9.46 Å². The number of nitrogens with zero attached hydrogens (tertiary/aromatic N) is 3. The minimum atomic E-state index is -3.81. The van der Waals surface area contributed by atoms with Gasteiger partial charge in [0, 0.05) is 10.0 Å². The van der Waals surface area contributed by atoms with E-state index in [0.29, 0.717) is 15.6 Å². The average molecular weight is 373 g/mol. The van der Waals surface area contributed by atoms with Crippen LogP contribution >= 0.6 is 23.2 Å². The highest BCUT2D eigenvalue weighted by Crippen LogP contribution is 2.23. The summed E-state index contributed by atoms with van der Waals surface area (Å²) < 4.78 is 31.6. The highest BCUT2D eigenvalue weighted by atomic mass is 35.5. The van der Waals surface area contributed by atoms with Crippen LogP contribution in [0.5, 0.6) is 5.88 Å². The first-order valence-electron chi connectivity index (χ1n) is 6.09. The molecule has 1 aromatic carbocycles. The number of ether oxygens (including phenoxy) is 1. The monoisotopic (exact) mass is 372 g/mol. The molecule has 10 heteroatoms. The van der Waals surface area contributed by atoms with Gasteiger partial charge in [-0.15, -0.1) is 0 Å². The molecule has 0 aliphatic heterocycles. The molecular formula is C13H10Cl2N4O3S. The summed E-state index contributed by atoms with van der Waals surface area (Å²) in [5.41, 5.74) is 0.419. The molecule has 0 amide bonds. The van der Waals surface area contributed by atoms with Crippen LogP contribution in [0.4, 0.5) is 5.82 Å². The Balaban J connectivity index is 2.26. The third-order valence-corrected chi connectivity index (χ3v) is 4.23. The second kappa shape index (κ2) is 7.00. The third-order valence-electron chi connectivity index (χ3n) is 2.58. The maximum absolute atomic E-state index is 12.2. The Bertz CT molecular complexity index is 861. The molecule has 23 heavy (non-hydrogen) atoms. The fraction of sp³-hybridized carbons (Fsp3) is 0.154. The van der Waals surface area contributed by atoms with Gasteiger partial charge in [-0.3, -0.25) is 4.72 Å². The molecule has 0 radical (unpaired) electrons. The molecular weight excluding hydrogens is 363 g/mol. The van der Waals surface area contributed by atoms with E-state index >= 15 is 0 Å². The van der Waals surface area contributed by atoms with Gasteiger partial charge in [-0.2, -0.15) is 10.2 Å². The van der Waals surface area contributed by atoms with Gasteiger partial charge in [-0.1, -0.05) is 23.2 Å². The lowest BCUT2D eigenvalue weighted by Gasteiger charge is -2.10. The van der Waals surface area contributed by atoms with E-state index in [9.17, 15) is 8.42 Å². The summed E-state index contributed by atoms with van der Waals surface area (Å²) in [6.45, 7) is 0. The van der Waals surface area contributed by atoms with Crippen LogP contribution in [0.15, 0.2) is 24.4 Å². The van der Waals surface area contributed by atoms with E-state index in [1.807, 2.05) is 0 Å². The molecule has 0 atom stereocenters. The number of sulfonamides is 1. The number of benzene rings is 1. The lowest BCUT2D eigenvalue weighted by molar-refractivity contribution is 0.398. The van der Waals surface area contributed by atoms with Crippen LogP contribution in [0.25, 0.3) is 0 Å². The van der Waals surface area contributed by atoms with Gasteiger partial charge in [0.15, 0.2) is 5.69 Å². The second-order valence-electron chi connectivity index (χ2n) is 4.36. The van der Waals surface area contributed by atoms with Crippen molar-refractivity contribution >= 4 is 39.0 Å². The summed E-state index contributed by atoms with van der Waals surface area (Å²) in [7, 11) is -2.51. The summed E-state index contributed by atoms with van der Waals surface area (Å²) in [4.78, 5) is 7.64. The number of nitriles is 1. The number of halogens is 2. The molecule has 0 unspecified atom stereocenters. The summed E-state index contributed by atoms with van der Waals surface area (Å²) in [6, 6.07) is 6.27. The van der Waals surface area contributed by atoms with E-state index in [0.717, 1.165) is 6.20 Å². The highest BCUT2D eigenvalue weighted by Gasteiger charge is 2.17. The number of anilines is 1. The predicted molar refractivity (Wildman–Crippen MR) is 86.0 cm³/mol. The van der Waals surface area contributed by atoms with Gasteiger partial charge >= 0.3 is 0 Å². The van der Waals surface area contributed by atoms with E-state index < -0.39 is 10.0 Å². The topological polar surface area (TPSA) is 105 Å². The van der Waals surface area contributed by atoms with Crippen molar-refractivity contribution in [2.75, 3.05) is 11.8 Å². The standard InChI is InChI=1S/C13H10Cl2N4O3S/c1-22-13-12(17-6-11(5-16)18-13)19-23(20,21)7-8-2-9(14)4-10(15)3-8/h2-4,6H,7H2,1H3,(H,17,19). The smallest absolute Gasteiger partial charge is 0.259 e. The second-order valence-corrected chi connectivity index (χ2v) is 6.96. The quantitative estimate of drug-likeness (QED) is 0.864. The van der Waals surface area contributed by atoms with Gasteiger partial charge in [0.1, 0.15) is 6.07 Å². The van der Waals surface area contributed by atoms with Crippen LogP contribution in [0.1, 0.15) is 11.3 Å². The molecule has 0 fully saturated rings. The van der Waals surface area contributed by atoms with Crippen LogP contribution in [0.3, 0.4) is 0 Å². The molecule has 0 aliphatic carbocycles. The number of nitrogens with one attached hydrogen (secondary N) is 1. The van der Waals surface area contributed by atoms with E-state index in [-0.39, 0.29) is 23.1 Å². The van der Waals surface area contributed by atoms with Crippen molar-refractivity contribution in [1.29, 1.82) is 5.26 Å². The summed E-state index contributed by atoms with van der Waals surface area (Å²) in [6.07, 6.45) is 1.14. The van der Waals surface area contributed by atoms with Crippen molar-refractivity contribution < 1.29 is 13.2 Å². The average Bonchev–Trinajstić information content (AvgIpc) is 2.45. The molecule has 0 aliphatic rings. The Labute approximate surface area is 142 Å². The van der Waals surface area contributed by atoms with Gasteiger partial charge in [0.25, 0.3) is 5.88 Å². The molecule has 1 N–H and O–H groups in total. The Morgan fingerprint density at radius 1 is 1.30 bits per heavy atom. The number of aromatic nitrogens is 2. The number of hydrogen-bond donors (Lipinski definition) is 1. The van der Waals surface area contributed by atoms with Gasteiger partial charge in [0.05, 0.1) is 19.1 Å². The summed E-state index contributed by atoms with van der Waals surface area (Å²) >= 11 is 11.7. The van der Waals surface area contributed by atoms with Crippen molar-refractivity contribution in [3.63, 3.8) is 0 Å². The fourth-order valence-electron chi connectivity index (χ4n) is 1.74. The first-order chi connectivity index (χ1) is 10.8. The minimum absolute atomic E-state index is 0.00595. The lowest BCUT2D eigenvalue weighted by Crippen LogP contribution is -2.17. The lowest BCUT2D eigenvalue weighted by atomic mass is 10.2. The van der Waals surface area contributed by atoms with E-state index in [4.69, 9.17) is 33.2 Å². The molecule has 1 aromatic heterocycles. The van der Waals surface area contributed by atoms with Crippen LogP contribution in [-0.2, 0) is 15.8 Å². The maximum Gasteiger partial charge on any atom is 0.259 e. The van der Waals surface area contributed by atoms with Crippen molar-refractivity contribution in [3.8, 4) is 11.9 Å². The predicted octanol–water partition coefficient (Wildman–Crippen LogP) is 2.61. The Morgan fingerprint density at radius 2 is 1.96 bits per heavy atom. The first-order valence-corrected chi connectivity index (χ1v) is 8.50. The van der Waals surface area contributed by atoms with Gasteiger partial charge in [-0.05, 0) is 23.8 Å². The van der Waals surface area contributed by atoms with Gasteiger partial charge in [0.2, 0.25) is 15.8 Å². The molecule has 0 bridgehead atoms. The molecule has 2 rings (SSSR count). The van der Waals surface area contributed by atoms with Crippen molar-refractivity contribution in [3.05, 3.63) is 45.7 Å². The Kier molecular flexibility index (Phi) is 5.26. The molecule has 2 aromatic rings. The highest BCUT2D eigenvalue weighted by molar-refractivity contribution is 7.91. The minimum Gasteiger partial charge on any atom is -0.478 e. The molecule has 7 nitrogen and oxygen atoms in total. The zero-order chi connectivity index (χ0) is 17.0. The van der Waals surface area contributed by atoms with Crippen LogP contribution in [0, 0.1) is 11.3 Å². The summed E-state index contributed by atoms with van der Waals surface area (Å²) in [5.74, 6) is -0.575. The fourth-order valence-corrected chi connectivity index (χ4v) is 3.42. The molecule has 1 heterocycles. The van der Waals surface area contributed by atoms with Crippen LogP contribution in [-0.4, -0.2) is 25.5 Å². The zero-order valence-corrected chi connectivity index (χ0v) is 14.1. The van der Waals surface area contributed by atoms with Crippen molar-refractivity contribution in [2.24, 2.45) is 0 Å². The summed E-state index contributed by atoms with van der Waals surface area (Å²) in [5, 5.41) is 9.42. The first kappa shape index (κ1) is 17.3. The van der Waals surface area contributed by atoms with Gasteiger partial charge < -0.3 is 4.74 Å². The third kappa shape index (κ3) is 4.69. The SMILES string of the molecule is COc1nc(C#N)cnc1NS(=O)(=O)Cc1cc(Cl)cc(Cl)c1. The van der Waals surface area contributed by atoms with E-state index in [2.05, 4.69) is 14.7 Å². The number of rotatable bonds is 5. The van der Waals surface area contributed by atoms with E-state index in [1.54, 1.807) is 6.07 Å². The molecule has 0 saturated heterocycles. The number of methoxy groups -OCH3 is 1. The van der Waals surface area contributed by atoms with Crippen molar-refractivity contribution in [1.82, 2.24) is 9.97 Å². The normalized spacial score (nSPS) is 10.9. The van der Waals surface area contributed by atoms with E-state index in [1.165, 1.54) is 25.3 Å². The largest absolute Gasteiger partial charge is 0.478 e. The van der Waals surface area contributed by atoms with Crippen LogP contribution in [0.2, 0.25) is 10.0 Å². The zero-order valence-electron chi connectivity index (χ0n) is 11.7. The Morgan fingerprint density at radius 3 is 2.52 bits per heavy atom.